The highest BCUT2D eigenvalue weighted by molar-refractivity contribution is 9.11. The van der Waals surface area contributed by atoms with E-state index in [0.717, 1.165) is 11.4 Å². The maximum atomic E-state index is 13.2. The molecule has 1 amide bonds. The second-order valence-electron chi connectivity index (χ2n) is 2.79. The maximum Gasteiger partial charge on any atom is 0.363 e. The molecule has 0 aliphatic rings. The van der Waals surface area contributed by atoms with Crippen molar-refractivity contribution >= 4 is 48.5 Å². The SMILES string of the molecule is CC(=O)N=S(c1ccc(Br)cc1)C(F)(F)Br. The quantitative estimate of drug-likeness (QED) is 0.716. The third-order valence-electron chi connectivity index (χ3n) is 1.48. The van der Waals surface area contributed by atoms with Crippen LogP contribution in [0.1, 0.15) is 6.92 Å². The van der Waals surface area contributed by atoms with Crippen LogP contribution in [-0.4, -0.2) is 10.1 Å². The van der Waals surface area contributed by atoms with Crippen LogP contribution in [0.25, 0.3) is 0 Å². The molecular weight excluding hydrogens is 368 g/mol. The van der Waals surface area contributed by atoms with E-state index in [1.54, 1.807) is 12.1 Å². The second kappa shape index (κ2) is 5.46. The lowest BCUT2D eigenvalue weighted by Crippen LogP contribution is -2.15. The molecule has 1 unspecified atom stereocenters. The van der Waals surface area contributed by atoms with E-state index >= 15 is 0 Å². The molecule has 0 aliphatic heterocycles. The van der Waals surface area contributed by atoms with Crippen LogP contribution in [-0.2, 0) is 15.5 Å². The summed E-state index contributed by atoms with van der Waals surface area (Å²) in [4.78, 5) is 11.1. The Hall–Kier alpha value is -0.140. The van der Waals surface area contributed by atoms with Gasteiger partial charge in [-0.05, 0) is 24.3 Å². The zero-order valence-electron chi connectivity index (χ0n) is 8.08. The maximum absolute atomic E-state index is 13.2. The van der Waals surface area contributed by atoms with E-state index in [1.807, 2.05) is 0 Å². The molecule has 0 spiro atoms. The van der Waals surface area contributed by atoms with Crippen LogP contribution in [0.3, 0.4) is 0 Å². The van der Waals surface area contributed by atoms with Gasteiger partial charge in [0.25, 0.3) is 0 Å². The number of hydrogen-bond acceptors (Lipinski definition) is 1. The topological polar surface area (TPSA) is 29.4 Å². The number of alkyl halides is 3. The van der Waals surface area contributed by atoms with Crippen molar-refractivity contribution in [3.63, 3.8) is 0 Å². The van der Waals surface area contributed by atoms with Gasteiger partial charge in [-0.25, -0.2) is 0 Å². The molecule has 1 atom stereocenters. The van der Waals surface area contributed by atoms with Crippen LogP contribution < -0.4 is 0 Å². The Morgan fingerprint density at radius 2 is 1.88 bits per heavy atom. The van der Waals surface area contributed by atoms with Gasteiger partial charge < -0.3 is 0 Å². The summed E-state index contributed by atoms with van der Waals surface area (Å²) in [5.41, 5.74) is 0. The molecule has 0 radical (unpaired) electrons. The molecule has 0 N–H and O–H groups in total. The predicted octanol–water partition coefficient (Wildman–Crippen LogP) is 4.10. The number of nitrogens with zero attached hydrogens (tertiary/aromatic N) is 1. The predicted molar refractivity (Wildman–Crippen MR) is 66.8 cm³/mol. The number of benzene rings is 1. The Morgan fingerprint density at radius 3 is 2.25 bits per heavy atom. The van der Waals surface area contributed by atoms with E-state index in [9.17, 15) is 13.6 Å². The highest BCUT2D eigenvalue weighted by Crippen LogP contribution is 2.33. The third kappa shape index (κ3) is 4.03. The van der Waals surface area contributed by atoms with E-state index in [2.05, 4.69) is 36.2 Å². The largest absolute Gasteiger partial charge is 0.363 e. The van der Waals surface area contributed by atoms with Crippen molar-refractivity contribution in [2.45, 2.75) is 16.0 Å². The van der Waals surface area contributed by atoms with Gasteiger partial charge in [0.1, 0.15) is 0 Å². The van der Waals surface area contributed by atoms with Crippen LogP contribution in [0.5, 0.6) is 0 Å². The first-order valence-electron chi connectivity index (χ1n) is 4.10. The Bertz CT molecular complexity index is 428. The van der Waals surface area contributed by atoms with Gasteiger partial charge in [-0.3, -0.25) is 4.79 Å². The smallest absolute Gasteiger partial charge is 0.272 e. The first-order chi connectivity index (χ1) is 7.30. The van der Waals surface area contributed by atoms with Crippen molar-refractivity contribution < 1.29 is 13.6 Å². The van der Waals surface area contributed by atoms with E-state index in [4.69, 9.17) is 0 Å². The molecule has 88 valence electrons. The zero-order chi connectivity index (χ0) is 12.3. The van der Waals surface area contributed by atoms with Gasteiger partial charge in [-0.15, -0.1) is 0 Å². The van der Waals surface area contributed by atoms with Gasteiger partial charge in [-0.1, -0.05) is 15.9 Å². The molecule has 0 heterocycles. The minimum atomic E-state index is -3.22. The van der Waals surface area contributed by atoms with Gasteiger partial charge in [-0.2, -0.15) is 13.1 Å². The molecule has 0 saturated heterocycles. The van der Waals surface area contributed by atoms with Crippen molar-refractivity contribution in [1.82, 2.24) is 0 Å². The number of rotatable bonds is 2. The fourth-order valence-corrected chi connectivity index (χ4v) is 3.10. The number of amides is 1. The van der Waals surface area contributed by atoms with Crippen molar-refractivity contribution in [3.05, 3.63) is 28.7 Å². The lowest BCUT2D eigenvalue weighted by Gasteiger charge is -2.13. The molecule has 16 heavy (non-hydrogen) atoms. The normalized spacial score (nSPS) is 13.8. The standard InChI is InChI=1S/C9H7Br2F2NOS/c1-6(15)14-16(9(11,12)13)8-4-2-7(10)3-5-8/h2-5H,1H3. The summed E-state index contributed by atoms with van der Waals surface area (Å²) in [7, 11) is -1.81. The lowest BCUT2D eigenvalue weighted by atomic mass is 10.4. The van der Waals surface area contributed by atoms with Gasteiger partial charge in [0.05, 0.1) is 0 Å². The Kier molecular flexibility index (Phi) is 4.75. The average molecular weight is 375 g/mol. The van der Waals surface area contributed by atoms with Crippen molar-refractivity contribution in [2.75, 3.05) is 0 Å². The molecule has 2 nitrogen and oxygen atoms in total. The average Bonchev–Trinajstić information content (AvgIpc) is 2.14. The monoisotopic (exact) mass is 373 g/mol. The fraction of sp³-hybridized carbons (Fsp3) is 0.222. The number of carbonyl (C=O) groups excluding carboxylic acids is 1. The van der Waals surface area contributed by atoms with Gasteiger partial charge in [0, 0.05) is 42.9 Å². The summed E-state index contributed by atoms with van der Waals surface area (Å²) in [6.07, 6.45) is 0. The molecule has 0 aromatic heterocycles. The van der Waals surface area contributed by atoms with Gasteiger partial charge in [0.15, 0.2) is 0 Å². The first-order valence-corrected chi connectivity index (χ1v) is 6.86. The number of hydrogen-bond donors (Lipinski definition) is 0. The molecule has 1 rings (SSSR count). The summed E-state index contributed by atoms with van der Waals surface area (Å²) >= 11 is 5.45. The van der Waals surface area contributed by atoms with Crippen LogP contribution in [0, 0.1) is 0 Å². The molecule has 0 fully saturated rings. The molecule has 1 aromatic rings. The van der Waals surface area contributed by atoms with E-state index in [-0.39, 0.29) is 0 Å². The van der Waals surface area contributed by atoms with Crippen LogP contribution in [0.15, 0.2) is 38.0 Å². The van der Waals surface area contributed by atoms with Crippen molar-refractivity contribution in [3.8, 4) is 0 Å². The Balaban J connectivity index is 3.23. The van der Waals surface area contributed by atoms with Gasteiger partial charge in [0.2, 0.25) is 5.91 Å². The van der Waals surface area contributed by atoms with Gasteiger partial charge >= 0.3 is 4.16 Å². The molecule has 0 saturated carbocycles. The minimum Gasteiger partial charge on any atom is -0.272 e. The van der Waals surface area contributed by atoms with E-state index < -0.39 is 20.8 Å². The minimum absolute atomic E-state index is 0.306. The summed E-state index contributed by atoms with van der Waals surface area (Å²) < 4.78 is 27.4. The fourth-order valence-electron chi connectivity index (χ4n) is 0.930. The Labute approximate surface area is 111 Å². The van der Waals surface area contributed by atoms with E-state index in [1.165, 1.54) is 12.1 Å². The number of carbonyl (C=O) groups is 1. The molecule has 7 heteroatoms. The summed E-state index contributed by atoms with van der Waals surface area (Å²) in [6, 6.07) is 6.27. The lowest BCUT2D eigenvalue weighted by molar-refractivity contribution is -0.115. The van der Waals surface area contributed by atoms with Crippen LogP contribution in [0.2, 0.25) is 0 Å². The van der Waals surface area contributed by atoms with E-state index in [0.29, 0.717) is 4.90 Å². The number of halogens is 4. The summed E-state index contributed by atoms with van der Waals surface area (Å²) in [5, 5.41) is 0. The first kappa shape index (κ1) is 13.9. The second-order valence-corrected chi connectivity index (χ2v) is 6.97. The molecule has 0 aliphatic carbocycles. The summed E-state index contributed by atoms with van der Waals surface area (Å²) in [6.45, 7) is 1.15. The van der Waals surface area contributed by atoms with Crippen LogP contribution in [0.4, 0.5) is 8.78 Å². The molecule has 1 aromatic carbocycles. The highest BCUT2D eigenvalue weighted by atomic mass is 79.9. The van der Waals surface area contributed by atoms with Crippen molar-refractivity contribution in [1.29, 1.82) is 0 Å². The zero-order valence-corrected chi connectivity index (χ0v) is 12.1. The van der Waals surface area contributed by atoms with Crippen LogP contribution >= 0.6 is 31.9 Å². The third-order valence-corrected chi connectivity index (χ3v) is 4.52. The Morgan fingerprint density at radius 1 is 1.38 bits per heavy atom. The molecule has 0 bridgehead atoms. The van der Waals surface area contributed by atoms with Crippen molar-refractivity contribution in [2.24, 2.45) is 4.36 Å². The highest BCUT2D eigenvalue weighted by Gasteiger charge is 2.32. The molecular formula is C9H7Br2F2NOS. The summed E-state index contributed by atoms with van der Waals surface area (Å²) in [5.74, 6) is -0.620.